The van der Waals surface area contributed by atoms with Gasteiger partial charge in [-0.2, -0.15) is 52.7 Å². The molecular weight excluding hydrogens is 528 g/mol. The highest BCUT2D eigenvalue weighted by Crippen LogP contribution is 2.39. The van der Waals surface area contributed by atoms with E-state index in [2.05, 4.69) is 0 Å². The second kappa shape index (κ2) is 9.54. The van der Waals surface area contributed by atoms with E-state index in [1.165, 1.54) is 0 Å². The Balaban J connectivity index is 2.31. The largest absolute Gasteiger partial charge is 0.416 e. The number of hydrogen-bond donors (Lipinski definition) is 2. The lowest BCUT2D eigenvalue weighted by molar-refractivity contribution is -0.144. The summed E-state index contributed by atoms with van der Waals surface area (Å²) in [6.07, 6.45) is -21.0. The first kappa shape index (κ1) is 28.8. The van der Waals surface area contributed by atoms with Gasteiger partial charge in [-0.25, -0.2) is 0 Å². The fourth-order valence-electron chi connectivity index (χ4n) is 2.67. The Morgan fingerprint density at radius 2 is 0.750 bits per heavy atom. The van der Waals surface area contributed by atoms with E-state index in [4.69, 9.17) is 0 Å². The minimum atomic E-state index is -5.25. The van der Waals surface area contributed by atoms with Gasteiger partial charge in [0.15, 0.2) is 0 Å². The quantitative estimate of drug-likeness (QED) is 0.325. The monoisotopic (exact) mass is 540 g/mol. The molecule has 2 rings (SSSR count). The first-order chi connectivity index (χ1) is 16.1. The summed E-state index contributed by atoms with van der Waals surface area (Å²) in [6, 6.07) is 0.107. The van der Waals surface area contributed by atoms with Crippen LogP contribution in [0.25, 0.3) is 0 Å². The van der Waals surface area contributed by atoms with Gasteiger partial charge in [0.05, 0.1) is 22.3 Å². The fraction of sp³-hybridized carbons (Fsp3) is 0.300. The van der Waals surface area contributed by atoms with Gasteiger partial charge in [0, 0.05) is 11.4 Å². The van der Waals surface area contributed by atoms with E-state index in [-0.39, 0.29) is 36.4 Å². The maximum absolute atomic E-state index is 12.9. The number of carbonyl (C=O) groups excluding carboxylic acids is 2. The Morgan fingerprint density at radius 3 is 0.944 bits per heavy atom. The van der Waals surface area contributed by atoms with Crippen molar-refractivity contribution in [3.05, 3.63) is 58.7 Å². The van der Waals surface area contributed by atoms with Crippen molar-refractivity contribution in [1.29, 1.82) is 0 Å². The Bertz CT molecular complexity index is 993. The van der Waals surface area contributed by atoms with E-state index < -0.39 is 76.1 Å². The SMILES string of the molecule is CC(C(=O)Nc1cc(C(F)(F)F)cc(C(F)(F)F)c1)C(=O)Nc1cc(C(F)(F)F)cc(C(F)(F)F)c1. The zero-order chi connectivity index (χ0) is 27.9. The van der Waals surface area contributed by atoms with Crippen molar-refractivity contribution >= 4 is 23.2 Å². The van der Waals surface area contributed by atoms with Crippen LogP contribution in [0, 0.1) is 5.92 Å². The second-order valence-corrected chi connectivity index (χ2v) is 7.29. The van der Waals surface area contributed by atoms with Gasteiger partial charge >= 0.3 is 24.7 Å². The number of hydrogen-bond acceptors (Lipinski definition) is 2. The van der Waals surface area contributed by atoms with Crippen molar-refractivity contribution in [3.8, 4) is 0 Å². The van der Waals surface area contributed by atoms with Crippen LogP contribution in [0.4, 0.5) is 64.1 Å². The molecule has 0 radical (unpaired) electrons. The highest BCUT2D eigenvalue weighted by molar-refractivity contribution is 6.10. The van der Waals surface area contributed by atoms with E-state index in [0.29, 0.717) is 0 Å². The molecular formula is C20H12F12N2O2. The summed E-state index contributed by atoms with van der Waals surface area (Å²) >= 11 is 0. The number of rotatable bonds is 4. The van der Waals surface area contributed by atoms with Crippen LogP contribution in [-0.2, 0) is 34.3 Å². The van der Waals surface area contributed by atoms with Gasteiger partial charge < -0.3 is 10.6 Å². The minimum Gasteiger partial charge on any atom is -0.325 e. The predicted molar refractivity (Wildman–Crippen MR) is 99.3 cm³/mol. The number of nitrogens with one attached hydrogen (secondary N) is 2. The number of halogens is 12. The van der Waals surface area contributed by atoms with Crippen molar-refractivity contribution in [2.75, 3.05) is 10.6 Å². The third-order valence-electron chi connectivity index (χ3n) is 4.50. The summed E-state index contributed by atoms with van der Waals surface area (Å²) < 4.78 is 155. The third-order valence-corrected chi connectivity index (χ3v) is 4.50. The molecule has 0 unspecified atom stereocenters. The van der Waals surface area contributed by atoms with Crippen molar-refractivity contribution in [2.45, 2.75) is 31.6 Å². The highest BCUT2D eigenvalue weighted by Gasteiger charge is 2.39. The molecule has 0 atom stereocenters. The van der Waals surface area contributed by atoms with Crippen LogP contribution >= 0.6 is 0 Å². The van der Waals surface area contributed by atoms with E-state index in [1.54, 1.807) is 10.6 Å². The number of alkyl halides is 12. The van der Waals surface area contributed by atoms with Gasteiger partial charge in [0.25, 0.3) is 0 Å². The second-order valence-electron chi connectivity index (χ2n) is 7.29. The first-order valence-corrected chi connectivity index (χ1v) is 9.29. The van der Waals surface area contributed by atoms with Gasteiger partial charge in [-0.05, 0) is 43.3 Å². The Hall–Kier alpha value is -3.46. The van der Waals surface area contributed by atoms with Crippen molar-refractivity contribution in [2.24, 2.45) is 5.92 Å². The van der Waals surface area contributed by atoms with Crippen LogP contribution in [0.2, 0.25) is 0 Å². The lowest BCUT2D eigenvalue weighted by atomic mass is 10.1. The molecule has 2 N–H and O–H groups in total. The topological polar surface area (TPSA) is 58.2 Å². The minimum absolute atomic E-state index is 0.139. The summed E-state index contributed by atoms with van der Waals surface area (Å²) in [5.41, 5.74) is -9.16. The standard InChI is InChI=1S/C20H12F12N2O2/c1-8(15(35)33-13-4-9(17(21,22)23)2-10(5-13)18(24,25)26)16(36)34-14-6-11(19(27,28)29)3-12(7-14)20(30,31)32/h2-8H,1H3,(H,33,35)(H,34,36). The zero-order valence-electron chi connectivity index (χ0n) is 17.4. The van der Waals surface area contributed by atoms with Crippen molar-refractivity contribution in [3.63, 3.8) is 0 Å². The normalized spacial score (nSPS) is 13.1. The molecule has 198 valence electrons. The van der Waals surface area contributed by atoms with Crippen LogP contribution < -0.4 is 10.6 Å². The smallest absolute Gasteiger partial charge is 0.325 e. The molecule has 0 aliphatic rings. The Labute approximate surface area is 193 Å². The molecule has 36 heavy (non-hydrogen) atoms. The molecule has 4 nitrogen and oxygen atoms in total. The van der Waals surface area contributed by atoms with E-state index >= 15 is 0 Å². The average molecular weight is 540 g/mol. The molecule has 0 aliphatic carbocycles. The maximum Gasteiger partial charge on any atom is 0.416 e. The van der Waals surface area contributed by atoms with Crippen LogP contribution in [0.1, 0.15) is 29.2 Å². The molecule has 0 fully saturated rings. The van der Waals surface area contributed by atoms with Crippen molar-refractivity contribution in [1.82, 2.24) is 0 Å². The van der Waals surface area contributed by atoms with Crippen LogP contribution in [0.3, 0.4) is 0 Å². The fourth-order valence-corrected chi connectivity index (χ4v) is 2.67. The predicted octanol–water partition coefficient (Wildman–Crippen LogP) is 6.98. The summed E-state index contributed by atoms with van der Waals surface area (Å²) in [6.45, 7) is 0.765. The van der Waals surface area contributed by atoms with Crippen LogP contribution in [-0.4, -0.2) is 11.8 Å². The third kappa shape index (κ3) is 7.27. The number of amides is 2. The van der Waals surface area contributed by atoms with Crippen LogP contribution in [0.15, 0.2) is 36.4 Å². The zero-order valence-corrected chi connectivity index (χ0v) is 17.4. The molecule has 0 saturated heterocycles. The van der Waals surface area contributed by atoms with Gasteiger partial charge in [-0.15, -0.1) is 0 Å². The number of benzene rings is 2. The number of anilines is 2. The van der Waals surface area contributed by atoms with E-state index in [0.717, 1.165) is 6.92 Å². The molecule has 0 saturated carbocycles. The van der Waals surface area contributed by atoms with Gasteiger partial charge in [-0.1, -0.05) is 0 Å². The molecule has 0 bridgehead atoms. The van der Waals surface area contributed by atoms with Gasteiger partial charge in [0.2, 0.25) is 11.8 Å². The summed E-state index contributed by atoms with van der Waals surface area (Å²) in [4.78, 5) is 24.4. The van der Waals surface area contributed by atoms with Crippen LogP contribution in [0.5, 0.6) is 0 Å². The first-order valence-electron chi connectivity index (χ1n) is 9.29. The van der Waals surface area contributed by atoms with Crippen molar-refractivity contribution < 1.29 is 62.3 Å². The summed E-state index contributed by atoms with van der Waals surface area (Å²) in [5, 5.41) is 3.29. The molecule has 2 amide bonds. The lowest BCUT2D eigenvalue weighted by Gasteiger charge is -2.18. The molecule has 0 aliphatic heterocycles. The summed E-state index contributed by atoms with van der Waals surface area (Å²) in [5.74, 6) is -4.97. The Morgan fingerprint density at radius 1 is 0.528 bits per heavy atom. The highest BCUT2D eigenvalue weighted by atomic mass is 19.4. The molecule has 0 spiro atoms. The molecule has 0 heterocycles. The van der Waals surface area contributed by atoms with Gasteiger partial charge in [0.1, 0.15) is 5.92 Å². The average Bonchev–Trinajstić information content (AvgIpc) is 2.70. The van der Waals surface area contributed by atoms with E-state index in [9.17, 15) is 62.3 Å². The molecule has 0 aromatic heterocycles. The Kier molecular flexibility index (Phi) is 7.62. The number of carbonyl (C=O) groups is 2. The molecule has 2 aromatic rings. The van der Waals surface area contributed by atoms with E-state index in [1.807, 2.05) is 0 Å². The lowest BCUT2D eigenvalue weighted by Crippen LogP contribution is -2.32. The van der Waals surface area contributed by atoms with Gasteiger partial charge in [-0.3, -0.25) is 9.59 Å². The molecule has 2 aromatic carbocycles. The maximum atomic E-state index is 12.9. The molecule has 16 heteroatoms. The summed E-state index contributed by atoms with van der Waals surface area (Å²) in [7, 11) is 0.